The number of hydrogen-bond donors (Lipinski definition) is 1. The summed E-state index contributed by atoms with van der Waals surface area (Å²) in [7, 11) is 0. The lowest BCUT2D eigenvalue weighted by Crippen LogP contribution is -2.13. The van der Waals surface area contributed by atoms with Crippen molar-refractivity contribution in [3.05, 3.63) is 48.4 Å². The summed E-state index contributed by atoms with van der Waals surface area (Å²) in [6.45, 7) is 1.05. The number of nitrogens with zero attached hydrogens (tertiary/aromatic N) is 3. The molecule has 1 N–H and O–H groups in total. The lowest BCUT2D eigenvalue weighted by molar-refractivity contribution is 0.332. The molecule has 0 amide bonds. The standard InChI is InChI=1S/C13H12N4O/c14-10-12-13(16-7-6-15-12)17-8-9-18-11-4-2-1-3-5-11/h1-7H,8-9H2,(H,16,17). The predicted octanol–water partition coefficient (Wildman–Crippen LogP) is 1.84. The molecule has 0 aliphatic heterocycles. The van der Waals surface area contributed by atoms with E-state index in [-0.39, 0.29) is 5.69 Å². The summed E-state index contributed by atoms with van der Waals surface area (Å²) in [5.74, 6) is 1.30. The van der Waals surface area contributed by atoms with Gasteiger partial charge < -0.3 is 10.1 Å². The minimum absolute atomic E-state index is 0.289. The first-order valence-corrected chi connectivity index (χ1v) is 5.53. The average molecular weight is 240 g/mol. The van der Waals surface area contributed by atoms with E-state index in [2.05, 4.69) is 15.3 Å². The van der Waals surface area contributed by atoms with Crippen molar-refractivity contribution >= 4 is 5.82 Å². The van der Waals surface area contributed by atoms with Gasteiger partial charge in [0.2, 0.25) is 0 Å². The third-order valence-corrected chi connectivity index (χ3v) is 2.21. The van der Waals surface area contributed by atoms with Crippen molar-refractivity contribution < 1.29 is 4.74 Å². The summed E-state index contributed by atoms with van der Waals surface area (Å²) < 4.78 is 5.51. The second-order valence-electron chi connectivity index (χ2n) is 3.45. The van der Waals surface area contributed by atoms with Crippen molar-refractivity contribution in [2.45, 2.75) is 0 Å². The van der Waals surface area contributed by atoms with E-state index >= 15 is 0 Å². The normalized spacial score (nSPS) is 9.50. The molecule has 0 fully saturated rings. The number of hydrogen-bond acceptors (Lipinski definition) is 5. The number of para-hydroxylation sites is 1. The molecule has 0 atom stereocenters. The highest BCUT2D eigenvalue weighted by molar-refractivity contribution is 5.46. The van der Waals surface area contributed by atoms with Gasteiger partial charge in [-0.3, -0.25) is 0 Å². The molecular formula is C13H12N4O. The fourth-order valence-corrected chi connectivity index (χ4v) is 1.40. The Morgan fingerprint density at radius 1 is 1.17 bits per heavy atom. The summed E-state index contributed by atoms with van der Waals surface area (Å²) >= 11 is 0. The summed E-state index contributed by atoms with van der Waals surface area (Å²) in [5.41, 5.74) is 0.289. The Labute approximate surface area is 105 Å². The van der Waals surface area contributed by atoms with E-state index in [1.54, 1.807) is 6.20 Å². The SMILES string of the molecule is N#Cc1nccnc1NCCOc1ccccc1. The number of anilines is 1. The zero-order valence-corrected chi connectivity index (χ0v) is 9.71. The van der Waals surface area contributed by atoms with Crippen LogP contribution in [0.25, 0.3) is 0 Å². The van der Waals surface area contributed by atoms with Gasteiger partial charge in [0, 0.05) is 12.4 Å². The van der Waals surface area contributed by atoms with Crippen LogP contribution >= 0.6 is 0 Å². The molecule has 0 aliphatic carbocycles. The van der Waals surface area contributed by atoms with Crippen molar-refractivity contribution in [2.24, 2.45) is 0 Å². The molecule has 18 heavy (non-hydrogen) atoms. The van der Waals surface area contributed by atoms with Gasteiger partial charge in [0.25, 0.3) is 0 Å². The van der Waals surface area contributed by atoms with E-state index < -0.39 is 0 Å². The molecule has 1 heterocycles. The quantitative estimate of drug-likeness (QED) is 0.807. The van der Waals surface area contributed by atoms with Crippen molar-refractivity contribution in [1.29, 1.82) is 5.26 Å². The highest BCUT2D eigenvalue weighted by atomic mass is 16.5. The lowest BCUT2D eigenvalue weighted by Gasteiger charge is -2.08. The molecular weight excluding hydrogens is 228 g/mol. The maximum atomic E-state index is 8.83. The Balaban J connectivity index is 1.81. The van der Waals surface area contributed by atoms with Gasteiger partial charge in [-0.15, -0.1) is 0 Å². The van der Waals surface area contributed by atoms with E-state index in [0.29, 0.717) is 19.0 Å². The molecule has 2 aromatic rings. The smallest absolute Gasteiger partial charge is 0.182 e. The van der Waals surface area contributed by atoms with E-state index in [4.69, 9.17) is 10.00 Å². The maximum absolute atomic E-state index is 8.83. The molecule has 0 unspecified atom stereocenters. The molecule has 0 aliphatic rings. The van der Waals surface area contributed by atoms with Crippen LogP contribution in [0.2, 0.25) is 0 Å². The number of ether oxygens (including phenoxy) is 1. The molecule has 5 heteroatoms. The van der Waals surface area contributed by atoms with E-state index in [1.807, 2.05) is 36.4 Å². The van der Waals surface area contributed by atoms with Gasteiger partial charge in [0.1, 0.15) is 18.4 Å². The largest absolute Gasteiger partial charge is 0.492 e. The van der Waals surface area contributed by atoms with Crippen molar-refractivity contribution in [3.8, 4) is 11.8 Å². The average Bonchev–Trinajstić information content (AvgIpc) is 2.45. The summed E-state index contributed by atoms with van der Waals surface area (Å²) in [6, 6.07) is 11.5. The van der Waals surface area contributed by atoms with Gasteiger partial charge >= 0.3 is 0 Å². The zero-order valence-electron chi connectivity index (χ0n) is 9.71. The van der Waals surface area contributed by atoms with E-state index in [1.165, 1.54) is 6.20 Å². The molecule has 90 valence electrons. The predicted molar refractivity (Wildman–Crippen MR) is 67.2 cm³/mol. The molecule has 5 nitrogen and oxygen atoms in total. The number of benzene rings is 1. The van der Waals surface area contributed by atoms with Crippen molar-refractivity contribution in [2.75, 3.05) is 18.5 Å². The number of rotatable bonds is 5. The third-order valence-electron chi connectivity index (χ3n) is 2.21. The monoisotopic (exact) mass is 240 g/mol. The molecule has 0 saturated carbocycles. The minimum Gasteiger partial charge on any atom is -0.492 e. The van der Waals surface area contributed by atoms with Crippen LogP contribution in [0.3, 0.4) is 0 Å². The number of aromatic nitrogens is 2. The van der Waals surface area contributed by atoms with Gasteiger partial charge in [-0.25, -0.2) is 9.97 Å². The zero-order chi connectivity index (χ0) is 12.6. The Morgan fingerprint density at radius 2 is 1.94 bits per heavy atom. The van der Waals surface area contributed by atoms with Crippen molar-refractivity contribution in [3.63, 3.8) is 0 Å². The maximum Gasteiger partial charge on any atom is 0.182 e. The van der Waals surface area contributed by atoms with Gasteiger partial charge in [-0.2, -0.15) is 5.26 Å². The number of nitrogens with one attached hydrogen (secondary N) is 1. The fraction of sp³-hybridized carbons (Fsp3) is 0.154. The van der Waals surface area contributed by atoms with Gasteiger partial charge in [0.05, 0.1) is 6.54 Å². The topological polar surface area (TPSA) is 70.8 Å². The molecule has 0 spiro atoms. The molecule has 1 aromatic heterocycles. The molecule has 2 rings (SSSR count). The van der Waals surface area contributed by atoms with Crippen LogP contribution in [0.15, 0.2) is 42.7 Å². The summed E-state index contributed by atoms with van der Waals surface area (Å²) in [6.07, 6.45) is 3.03. The molecule has 1 aromatic carbocycles. The lowest BCUT2D eigenvalue weighted by atomic mass is 10.3. The van der Waals surface area contributed by atoms with Crippen LogP contribution in [-0.2, 0) is 0 Å². The Hall–Kier alpha value is -2.61. The van der Waals surface area contributed by atoms with Crippen LogP contribution in [-0.4, -0.2) is 23.1 Å². The van der Waals surface area contributed by atoms with Crippen molar-refractivity contribution in [1.82, 2.24) is 9.97 Å². The first-order valence-electron chi connectivity index (χ1n) is 5.53. The fourth-order valence-electron chi connectivity index (χ4n) is 1.40. The van der Waals surface area contributed by atoms with Crippen LogP contribution in [0.4, 0.5) is 5.82 Å². The van der Waals surface area contributed by atoms with Gasteiger partial charge in [0.15, 0.2) is 11.5 Å². The Morgan fingerprint density at radius 3 is 2.72 bits per heavy atom. The highest BCUT2D eigenvalue weighted by Crippen LogP contribution is 2.08. The van der Waals surface area contributed by atoms with Crippen LogP contribution in [0.1, 0.15) is 5.69 Å². The summed E-state index contributed by atoms with van der Waals surface area (Å²) in [4.78, 5) is 7.95. The minimum atomic E-state index is 0.289. The first kappa shape index (κ1) is 11.9. The van der Waals surface area contributed by atoms with Gasteiger partial charge in [-0.1, -0.05) is 18.2 Å². The third kappa shape index (κ3) is 3.19. The van der Waals surface area contributed by atoms with Crippen LogP contribution in [0.5, 0.6) is 5.75 Å². The Bertz CT molecular complexity index is 536. The molecule has 0 radical (unpaired) electrons. The summed E-state index contributed by atoms with van der Waals surface area (Å²) in [5, 5.41) is 11.8. The first-order chi connectivity index (χ1) is 8.90. The van der Waals surface area contributed by atoms with Crippen LogP contribution in [0, 0.1) is 11.3 Å². The highest BCUT2D eigenvalue weighted by Gasteiger charge is 2.02. The number of nitriles is 1. The molecule has 0 bridgehead atoms. The van der Waals surface area contributed by atoms with Crippen LogP contribution < -0.4 is 10.1 Å². The van der Waals surface area contributed by atoms with E-state index in [9.17, 15) is 0 Å². The van der Waals surface area contributed by atoms with Gasteiger partial charge in [-0.05, 0) is 12.1 Å². The van der Waals surface area contributed by atoms with E-state index in [0.717, 1.165) is 5.75 Å². The second kappa shape index (κ2) is 6.21. The second-order valence-corrected chi connectivity index (χ2v) is 3.45. The Kier molecular flexibility index (Phi) is 4.09. The molecule has 0 saturated heterocycles.